The summed E-state index contributed by atoms with van der Waals surface area (Å²) < 4.78 is 38.4. The normalized spacial score (nSPS) is 15.0. The van der Waals surface area contributed by atoms with Crippen molar-refractivity contribution in [1.82, 2.24) is 4.98 Å². The molecule has 0 saturated carbocycles. The number of halogens is 1. The third kappa shape index (κ3) is 4.15. The maximum Gasteiger partial charge on any atom is 0.263 e. The number of anilines is 2. The van der Waals surface area contributed by atoms with Gasteiger partial charge in [0.05, 0.1) is 26.0 Å². The van der Waals surface area contributed by atoms with Crippen LogP contribution in [0.15, 0.2) is 41.4 Å². The zero-order valence-electron chi connectivity index (χ0n) is 13.6. The van der Waals surface area contributed by atoms with Crippen molar-refractivity contribution in [1.29, 1.82) is 0 Å². The molecule has 3 rings (SSSR count). The van der Waals surface area contributed by atoms with Crippen molar-refractivity contribution in [2.24, 2.45) is 0 Å². The number of pyridine rings is 1. The van der Waals surface area contributed by atoms with E-state index in [1.807, 2.05) is 6.07 Å². The lowest BCUT2D eigenvalue weighted by Gasteiger charge is -2.29. The molecule has 134 valence electrons. The minimum atomic E-state index is -3.80. The number of benzene rings is 1. The van der Waals surface area contributed by atoms with E-state index in [1.165, 1.54) is 25.4 Å². The van der Waals surface area contributed by atoms with Crippen molar-refractivity contribution in [2.45, 2.75) is 4.90 Å². The number of nitrogens with one attached hydrogen (secondary N) is 1. The van der Waals surface area contributed by atoms with Crippen LogP contribution in [0.2, 0.25) is 5.15 Å². The highest BCUT2D eigenvalue weighted by atomic mass is 35.5. The lowest BCUT2D eigenvalue weighted by molar-refractivity contribution is 0.122. The van der Waals surface area contributed by atoms with Crippen molar-refractivity contribution in [3.05, 3.63) is 41.7 Å². The quantitative estimate of drug-likeness (QED) is 0.798. The molecule has 0 amide bonds. The van der Waals surface area contributed by atoms with E-state index >= 15 is 0 Å². The van der Waals surface area contributed by atoms with Gasteiger partial charge in [-0.3, -0.25) is 4.72 Å². The van der Waals surface area contributed by atoms with Gasteiger partial charge in [0.2, 0.25) is 0 Å². The molecule has 2 aromatic rings. The maximum absolute atomic E-state index is 12.6. The molecule has 1 N–H and O–H groups in total. The fourth-order valence-electron chi connectivity index (χ4n) is 2.52. The van der Waals surface area contributed by atoms with Crippen LogP contribution in [0, 0.1) is 0 Å². The molecule has 1 fully saturated rings. The predicted octanol–water partition coefficient (Wildman–Crippen LogP) is 2.38. The number of methoxy groups -OCH3 is 1. The summed E-state index contributed by atoms with van der Waals surface area (Å²) >= 11 is 5.71. The summed E-state index contributed by atoms with van der Waals surface area (Å²) in [4.78, 5) is 5.97. The molecule has 2 heterocycles. The van der Waals surface area contributed by atoms with Crippen molar-refractivity contribution < 1.29 is 17.9 Å². The monoisotopic (exact) mass is 383 g/mol. The van der Waals surface area contributed by atoms with E-state index in [0.29, 0.717) is 24.7 Å². The van der Waals surface area contributed by atoms with Crippen LogP contribution < -0.4 is 14.4 Å². The number of nitrogens with zero attached hydrogens (tertiary/aromatic N) is 2. The van der Waals surface area contributed by atoms with Crippen LogP contribution in [0.1, 0.15) is 0 Å². The van der Waals surface area contributed by atoms with Gasteiger partial charge >= 0.3 is 0 Å². The Morgan fingerprint density at radius 1 is 1.24 bits per heavy atom. The van der Waals surface area contributed by atoms with Gasteiger partial charge in [0.15, 0.2) is 0 Å². The first-order valence-electron chi connectivity index (χ1n) is 7.65. The van der Waals surface area contributed by atoms with Gasteiger partial charge in [0, 0.05) is 25.0 Å². The highest BCUT2D eigenvalue weighted by Crippen LogP contribution is 2.31. The van der Waals surface area contributed by atoms with Crippen LogP contribution in [-0.2, 0) is 14.8 Å². The number of sulfonamides is 1. The van der Waals surface area contributed by atoms with Crippen LogP contribution in [0.3, 0.4) is 0 Å². The summed E-state index contributed by atoms with van der Waals surface area (Å²) in [6.45, 7) is 2.78. The van der Waals surface area contributed by atoms with E-state index in [9.17, 15) is 8.42 Å². The summed E-state index contributed by atoms with van der Waals surface area (Å²) in [5, 5.41) is 0.228. The van der Waals surface area contributed by atoms with E-state index in [-0.39, 0.29) is 10.0 Å². The third-order valence-corrected chi connectivity index (χ3v) is 5.39. The number of morpholine rings is 1. The Labute approximate surface area is 151 Å². The molecule has 0 spiro atoms. The molecular weight excluding hydrogens is 366 g/mol. The van der Waals surface area contributed by atoms with E-state index in [4.69, 9.17) is 21.1 Å². The van der Waals surface area contributed by atoms with Gasteiger partial charge in [0.25, 0.3) is 10.0 Å². The number of rotatable bonds is 5. The smallest absolute Gasteiger partial charge is 0.263 e. The number of hydrogen-bond acceptors (Lipinski definition) is 6. The summed E-state index contributed by atoms with van der Waals surface area (Å²) in [6.07, 6.45) is 1.21. The highest BCUT2D eigenvalue weighted by molar-refractivity contribution is 7.92. The minimum absolute atomic E-state index is 0.0238. The second kappa shape index (κ2) is 7.47. The number of hydrogen-bond donors (Lipinski definition) is 1. The topological polar surface area (TPSA) is 80.8 Å². The van der Waals surface area contributed by atoms with E-state index < -0.39 is 10.0 Å². The molecule has 7 nitrogen and oxygen atoms in total. The standard InChI is InChI=1S/C16H18ClN3O4S/c1-23-15-4-2-12(20-6-8-24-9-7-20)10-14(15)19-25(21,22)13-3-5-16(17)18-11-13/h2-5,10-11,19H,6-9H2,1H3. The summed E-state index contributed by atoms with van der Waals surface area (Å²) in [6, 6.07) is 8.22. The Morgan fingerprint density at radius 2 is 2.00 bits per heavy atom. The first kappa shape index (κ1) is 17.8. The molecular formula is C16H18ClN3O4S. The van der Waals surface area contributed by atoms with Crippen molar-refractivity contribution in [2.75, 3.05) is 43.0 Å². The second-order valence-electron chi connectivity index (χ2n) is 5.41. The minimum Gasteiger partial charge on any atom is -0.495 e. The van der Waals surface area contributed by atoms with Crippen LogP contribution >= 0.6 is 11.6 Å². The second-order valence-corrected chi connectivity index (χ2v) is 7.48. The first-order chi connectivity index (χ1) is 12.0. The van der Waals surface area contributed by atoms with Gasteiger partial charge in [-0.1, -0.05) is 11.6 Å². The summed E-state index contributed by atoms with van der Waals surface area (Å²) in [7, 11) is -2.31. The fourth-order valence-corrected chi connectivity index (χ4v) is 3.64. The molecule has 0 bridgehead atoms. The van der Waals surface area contributed by atoms with Crippen LogP contribution in [-0.4, -0.2) is 46.8 Å². The zero-order valence-corrected chi connectivity index (χ0v) is 15.2. The van der Waals surface area contributed by atoms with Gasteiger partial charge in [-0.05, 0) is 30.3 Å². The van der Waals surface area contributed by atoms with Gasteiger partial charge in [0.1, 0.15) is 15.8 Å². The molecule has 25 heavy (non-hydrogen) atoms. The van der Waals surface area contributed by atoms with E-state index in [2.05, 4.69) is 14.6 Å². The van der Waals surface area contributed by atoms with Crippen molar-refractivity contribution in [3.63, 3.8) is 0 Å². The Bertz CT molecular complexity index is 837. The predicted molar refractivity (Wildman–Crippen MR) is 96.1 cm³/mol. The molecule has 0 atom stereocenters. The number of ether oxygens (including phenoxy) is 2. The first-order valence-corrected chi connectivity index (χ1v) is 9.51. The van der Waals surface area contributed by atoms with Crippen LogP contribution in [0.5, 0.6) is 5.75 Å². The lowest BCUT2D eigenvalue weighted by Crippen LogP contribution is -2.36. The van der Waals surface area contributed by atoms with Gasteiger partial charge in [-0.2, -0.15) is 0 Å². The Balaban J connectivity index is 1.90. The zero-order chi connectivity index (χ0) is 17.9. The number of aromatic nitrogens is 1. The average Bonchev–Trinajstić information content (AvgIpc) is 2.62. The molecule has 1 aliphatic rings. The van der Waals surface area contributed by atoms with E-state index in [0.717, 1.165) is 18.8 Å². The maximum atomic E-state index is 12.6. The van der Waals surface area contributed by atoms with E-state index in [1.54, 1.807) is 12.1 Å². The largest absolute Gasteiger partial charge is 0.495 e. The van der Waals surface area contributed by atoms with Crippen molar-refractivity contribution >= 4 is 33.0 Å². The Kier molecular flexibility index (Phi) is 5.31. The van der Waals surface area contributed by atoms with Crippen molar-refractivity contribution in [3.8, 4) is 5.75 Å². The Hall–Kier alpha value is -2.03. The third-order valence-electron chi connectivity index (χ3n) is 3.81. The molecule has 1 aromatic heterocycles. The summed E-state index contributed by atoms with van der Waals surface area (Å²) in [5.74, 6) is 0.433. The molecule has 0 unspecified atom stereocenters. The molecule has 9 heteroatoms. The van der Waals surface area contributed by atoms with Gasteiger partial charge in [-0.15, -0.1) is 0 Å². The van der Waals surface area contributed by atoms with Gasteiger partial charge in [-0.25, -0.2) is 13.4 Å². The fraction of sp³-hybridized carbons (Fsp3) is 0.312. The molecule has 1 aliphatic heterocycles. The SMILES string of the molecule is COc1ccc(N2CCOCC2)cc1NS(=O)(=O)c1ccc(Cl)nc1. The Morgan fingerprint density at radius 3 is 2.64 bits per heavy atom. The molecule has 1 saturated heterocycles. The average molecular weight is 384 g/mol. The lowest BCUT2D eigenvalue weighted by atomic mass is 10.2. The molecule has 1 aromatic carbocycles. The molecule has 0 radical (unpaired) electrons. The molecule has 0 aliphatic carbocycles. The highest BCUT2D eigenvalue weighted by Gasteiger charge is 2.19. The van der Waals surface area contributed by atoms with Crippen LogP contribution in [0.4, 0.5) is 11.4 Å². The van der Waals surface area contributed by atoms with Gasteiger partial charge < -0.3 is 14.4 Å². The summed E-state index contributed by atoms with van der Waals surface area (Å²) in [5.41, 5.74) is 1.26. The van der Waals surface area contributed by atoms with Crippen LogP contribution in [0.25, 0.3) is 0 Å².